The second kappa shape index (κ2) is 2.47. The average molecular weight is 168 g/mol. The van der Waals surface area contributed by atoms with E-state index in [2.05, 4.69) is 0 Å². The van der Waals surface area contributed by atoms with E-state index in [-0.39, 0.29) is 12.8 Å². The Morgan fingerprint density at radius 2 is 2.00 bits per heavy atom. The van der Waals surface area contributed by atoms with Crippen LogP contribution >= 0.6 is 0 Å². The molecular weight excluding hydrogens is 159 g/mol. The summed E-state index contributed by atoms with van der Waals surface area (Å²) in [7, 11) is -4.13. The maximum Gasteiger partial charge on any atom is 0.270 e. The molecule has 3 nitrogen and oxygen atoms in total. The van der Waals surface area contributed by atoms with E-state index in [0.717, 1.165) is 0 Å². The van der Waals surface area contributed by atoms with Gasteiger partial charge in [-0.15, -0.1) is 0 Å². The normalized spacial score (nSPS) is 34.6. The fraction of sp³-hybridized carbons (Fsp3) is 1.00. The van der Waals surface area contributed by atoms with Crippen molar-refractivity contribution in [2.24, 2.45) is 0 Å². The van der Waals surface area contributed by atoms with Gasteiger partial charge in [-0.3, -0.25) is 4.55 Å². The molecule has 1 saturated carbocycles. The summed E-state index contributed by atoms with van der Waals surface area (Å²) in [5.74, 6) is 0. The first-order chi connectivity index (χ1) is 4.52. The third-order valence-corrected chi connectivity index (χ3v) is 3.05. The first kappa shape index (κ1) is 7.94. The van der Waals surface area contributed by atoms with Gasteiger partial charge in [0.25, 0.3) is 10.1 Å². The maximum atomic E-state index is 12.5. The van der Waals surface area contributed by atoms with Crippen molar-refractivity contribution in [1.29, 1.82) is 0 Å². The molecule has 1 aliphatic rings. The highest BCUT2D eigenvalue weighted by atomic mass is 32.2. The zero-order valence-corrected chi connectivity index (χ0v) is 6.14. The van der Waals surface area contributed by atoms with E-state index in [1.165, 1.54) is 0 Å². The van der Waals surface area contributed by atoms with E-state index in [1.54, 1.807) is 0 Å². The van der Waals surface area contributed by atoms with Crippen molar-refractivity contribution in [1.82, 2.24) is 0 Å². The van der Waals surface area contributed by atoms with Crippen LogP contribution in [0.2, 0.25) is 0 Å². The van der Waals surface area contributed by atoms with E-state index in [0.29, 0.717) is 6.42 Å². The van der Waals surface area contributed by atoms with Crippen molar-refractivity contribution in [2.45, 2.75) is 30.7 Å². The third kappa shape index (κ3) is 1.46. The lowest BCUT2D eigenvalue weighted by atomic mass is 10.3. The van der Waals surface area contributed by atoms with E-state index >= 15 is 0 Å². The molecular formula is C5H9FO3S. The van der Waals surface area contributed by atoms with Gasteiger partial charge in [0, 0.05) is 0 Å². The predicted octanol–water partition coefficient (Wildman–Crippen LogP) is 0.765. The van der Waals surface area contributed by atoms with Gasteiger partial charge in [-0.25, -0.2) is 4.39 Å². The minimum absolute atomic E-state index is 0.250. The van der Waals surface area contributed by atoms with Gasteiger partial charge in [-0.1, -0.05) is 0 Å². The topological polar surface area (TPSA) is 54.4 Å². The lowest BCUT2D eigenvalue weighted by molar-refractivity contribution is 0.331. The maximum absolute atomic E-state index is 12.5. The minimum atomic E-state index is -4.13. The van der Waals surface area contributed by atoms with Crippen LogP contribution in [-0.2, 0) is 10.1 Å². The van der Waals surface area contributed by atoms with Crippen LogP contribution in [-0.4, -0.2) is 24.4 Å². The third-order valence-electron chi connectivity index (χ3n) is 1.75. The first-order valence-electron chi connectivity index (χ1n) is 3.12. The fourth-order valence-electron chi connectivity index (χ4n) is 1.22. The van der Waals surface area contributed by atoms with Crippen molar-refractivity contribution in [3.63, 3.8) is 0 Å². The van der Waals surface area contributed by atoms with Crippen LogP contribution in [0.5, 0.6) is 0 Å². The molecule has 2 atom stereocenters. The Balaban J connectivity index is 2.74. The Labute approximate surface area is 59.0 Å². The molecule has 0 aromatic carbocycles. The summed E-state index contributed by atoms with van der Waals surface area (Å²) < 4.78 is 41.7. The lowest BCUT2D eigenvalue weighted by Crippen LogP contribution is -2.25. The van der Waals surface area contributed by atoms with Crippen molar-refractivity contribution in [2.75, 3.05) is 0 Å². The van der Waals surface area contributed by atoms with Crippen molar-refractivity contribution in [3.8, 4) is 0 Å². The summed E-state index contributed by atoms with van der Waals surface area (Å²) in [6.07, 6.45) is -0.314. The Kier molecular flexibility index (Phi) is 1.96. The number of halogens is 1. The Bertz CT molecular complexity index is 211. The van der Waals surface area contributed by atoms with E-state index in [1.807, 2.05) is 0 Å². The number of alkyl halides is 1. The summed E-state index contributed by atoms with van der Waals surface area (Å²) in [6, 6.07) is 0. The standard InChI is InChI=1S/C5H9FO3S/c6-4-2-1-3-5(4)10(7,8)9/h4-5H,1-3H2,(H,7,8,9). The van der Waals surface area contributed by atoms with E-state index in [4.69, 9.17) is 4.55 Å². The highest BCUT2D eigenvalue weighted by Gasteiger charge is 2.36. The van der Waals surface area contributed by atoms with Gasteiger partial charge in [0.15, 0.2) is 0 Å². The van der Waals surface area contributed by atoms with Gasteiger partial charge in [0.1, 0.15) is 11.4 Å². The molecule has 0 spiro atoms. The Hall–Kier alpha value is -0.160. The molecule has 2 unspecified atom stereocenters. The fourth-order valence-corrected chi connectivity index (χ4v) is 2.19. The zero-order chi connectivity index (χ0) is 7.78. The molecule has 0 saturated heterocycles. The average Bonchev–Trinajstić information content (AvgIpc) is 2.11. The predicted molar refractivity (Wildman–Crippen MR) is 34.1 cm³/mol. The van der Waals surface area contributed by atoms with Gasteiger partial charge >= 0.3 is 0 Å². The highest BCUT2D eigenvalue weighted by Crippen LogP contribution is 2.26. The summed E-state index contributed by atoms with van der Waals surface area (Å²) in [5, 5.41) is -1.16. The Morgan fingerprint density at radius 3 is 2.20 bits per heavy atom. The van der Waals surface area contributed by atoms with Gasteiger partial charge in [0.2, 0.25) is 0 Å². The molecule has 0 aromatic rings. The first-order valence-corrected chi connectivity index (χ1v) is 4.62. The molecule has 0 heterocycles. The molecule has 0 aliphatic heterocycles. The van der Waals surface area contributed by atoms with Crippen LogP contribution in [0.3, 0.4) is 0 Å². The monoisotopic (exact) mass is 168 g/mol. The van der Waals surface area contributed by atoms with Crippen molar-refractivity contribution in [3.05, 3.63) is 0 Å². The lowest BCUT2D eigenvalue weighted by Gasteiger charge is -2.06. The van der Waals surface area contributed by atoms with Crippen molar-refractivity contribution < 1.29 is 17.4 Å². The molecule has 5 heteroatoms. The largest absolute Gasteiger partial charge is 0.285 e. The van der Waals surface area contributed by atoms with Crippen LogP contribution in [0.25, 0.3) is 0 Å². The van der Waals surface area contributed by atoms with E-state index in [9.17, 15) is 12.8 Å². The van der Waals surface area contributed by atoms with Crippen LogP contribution in [0.15, 0.2) is 0 Å². The molecule has 1 fully saturated rings. The minimum Gasteiger partial charge on any atom is -0.285 e. The van der Waals surface area contributed by atoms with Crippen LogP contribution in [0.4, 0.5) is 4.39 Å². The number of hydrogen-bond donors (Lipinski definition) is 1. The van der Waals surface area contributed by atoms with Crippen LogP contribution in [0, 0.1) is 0 Å². The quantitative estimate of drug-likeness (QED) is 0.588. The second-order valence-corrected chi connectivity index (χ2v) is 4.14. The van der Waals surface area contributed by atoms with Gasteiger partial charge in [0.05, 0.1) is 0 Å². The second-order valence-electron chi connectivity index (χ2n) is 2.50. The molecule has 10 heavy (non-hydrogen) atoms. The van der Waals surface area contributed by atoms with E-state index < -0.39 is 21.5 Å². The molecule has 60 valence electrons. The molecule has 0 amide bonds. The highest BCUT2D eigenvalue weighted by molar-refractivity contribution is 7.86. The smallest absolute Gasteiger partial charge is 0.270 e. The molecule has 0 aromatic heterocycles. The van der Waals surface area contributed by atoms with Crippen LogP contribution < -0.4 is 0 Å². The molecule has 0 radical (unpaired) electrons. The van der Waals surface area contributed by atoms with Gasteiger partial charge < -0.3 is 0 Å². The zero-order valence-electron chi connectivity index (χ0n) is 5.33. The van der Waals surface area contributed by atoms with Crippen molar-refractivity contribution >= 4 is 10.1 Å². The molecule has 1 N–H and O–H groups in total. The molecule has 0 bridgehead atoms. The van der Waals surface area contributed by atoms with Gasteiger partial charge in [-0.2, -0.15) is 8.42 Å². The number of hydrogen-bond acceptors (Lipinski definition) is 2. The van der Waals surface area contributed by atoms with Gasteiger partial charge in [-0.05, 0) is 19.3 Å². The Morgan fingerprint density at radius 1 is 1.40 bits per heavy atom. The SMILES string of the molecule is O=S(=O)(O)C1CCCC1F. The molecule has 1 aliphatic carbocycles. The van der Waals surface area contributed by atoms with Crippen LogP contribution in [0.1, 0.15) is 19.3 Å². The molecule has 1 rings (SSSR count). The summed E-state index contributed by atoms with van der Waals surface area (Å²) >= 11 is 0. The number of rotatable bonds is 1. The summed E-state index contributed by atoms with van der Waals surface area (Å²) in [4.78, 5) is 0. The summed E-state index contributed by atoms with van der Waals surface area (Å²) in [6.45, 7) is 0. The summed E-state index contributed by atoms with van der Waals surface area (Å²) in [5.41, 5.74) is 0.